The molecule has 38 heavy (non-hydrogen) atoms. The smallest absolute Gasteiger partial charge is 0.334 e. The Hall–Kier alpha value is -2.57. The van der Waals surface area contributed by atoms with E-state index in [2.05, 4.69) is 20.8 Å². The zero-order valence-electron chi connectivity index (χ0n) is 22.0. The molecule has 0 aliphatic rings. The summed E-state index contributed by atoms with van der Waals surface area (Å²) in [6.45, 7) is 10.5. The molecule has 0 bridgehead atoms. The highest BCUT2D eigenvalue weighted by Gasteiger charge is 2.34. The van der Waals surface area contributed by atoms with Crippen molar-refractivity contribution in [3.63, 3.8) is 0 Å². The molecule has 3 aromatic rings. The molecule has 0 saturated heterocycles. The fourth-order valence-corrected chi connectivity index (χ4v) is 4.67. The molecule has 0 fully saturated rings. The van der Waals surface area contributed by atoms with Crippen molar-refractivity contribution in [2.45, 2.75) is 65.1 Å². The van der Waals surface area contributed by atoms with Crippen molar-refractivity contribution < 1.29 is 22.4 Å². The number of hydrogen-bond donors (Lipinski definition) is 0. The standard InChI is InChI=1S/C30H31Cl2F4NO/c1-18(2)23-14-19(8-11-25(23)31)12-13-37(17-20-6-9-21(10-7-20)29(3,4)5)28(38)24-15-22(30(34,35)36)16-26(32)27(24)33/h6-11,14-16,18H,12-13,17H2,1-5H3. The Morgan fingerprint density at radius 1 is 0.868 bits per heavy atom. The summed E-state index contributed by atoms with van der Waals surface area (Å²) in [7, 11) is 0. The van der Waals surface area contributed by atoms with Crippen LogP contribution in [0.15, 0.2) is 54.6 Å². The third kappa shape index (κ3) is 7.29. The second kappa shape index (κ2) is 11.7. The van der Waals surface area contributed by atoms with Crippen LogP contribution in [0.1, 0.15) is 78.7 Å². The summed E-state index contributed by atoms with van der Waals surface area (Å²) in [4.78, 5) is 14.9. The molecule has 3 rings (SSSR count). The monoisotopic (exact) mass is 567 g/mol. The molecule has 0 spiro atoms. The number of halogens is 6. The van der Waals surface area contributed by atoms with Gasteiger partial charge in [-0.25, -0.2) is 4.39 Å². The summed E-state index contributed by atoms with van der Waals surface area (Å²) in [6, 6.07) is 14.2. The van der Waals surface area contributed by atoms with Crippen LogP contribution in [0.4, 0.5) is 17.6 Å². The Morgan fingerprint density at radius 3 is 2.03 bits per heavy atom. The van der Waals surface area contributed by atoms with Crippen molar-refractivity contribution in [3.05, 3.63) is 104 Å². The van der Waals surface area contributed by atoms with Crippen molar-refractivity contribution in [2.75, 3.05) is 6.54 Å². The first-order valence-corrected chi connectivity index (χ1v) is 13.1. The first-order chi connectivity index (χ1) is 17.6. The quantitative estimate of drug-likeness (QED) is 0.260. The lowest BCUT2D eigenvalue weighted by atomic mass is 9.87. The molecule has 0 aliphatic heterocycles. The Bertz CT molecular complexity index is 1300. The number of nitrogens with zero attached hydrogens (tertiary/aromatic N) is 1. The second-order valence-corrected chi connectivity index (χ2v) is 11.6. The lowest BCUT2D eigenvalue weighted by Gasteiger charge is -2.25. The summed E-state index contributed by atoms with van der Waals surface area (Å²) in [5, 5.41) is -0.117. The van der Waals surface area contributed by atoms with E-state index >= 15 is 0 Å². The van der Waals surface area contributed by atoms with Gasteiger partial charge >= 0.3 is 6.18 Å². The van der Waals surface area contributed by atoms with Gasteiger partial charge in [0.05, 0.1) is 16.1 Å². The van der Waals surface area contributed by atoms with Crippen LogP contribution in [0, 0.1) is 5.82 Å². The molecule has 0 heterocycles. The summed E-state index contributed by atoms with van der Waals surface area (Å²) < 4.78 is 55.1. The van der Waals surface area contributed by atoms with Crippen molar-refractivity contribution >= 4 is 29.1 Å². The molecule has 0 unspecified atom stereocenters. The highest BCUT2D eigenvalue weighted by atomic mass is 35.5. The lowest BCUT2D eigenvalue weighted by Crippen LogP contribution is -2.33. The largest absolute Gasteiger partial charge is 0.416 e. The predicted octanol–water partition coefficient (Wildman–Crippen LogP) is 9.46. The van der Waals surface area contributed by atoms with Gasteiger partial charge in [0, 0.05) is 18.1 Å². The molecular weight excluding hydrogens is 537 g/mol. The zero-order valence-corrected chi connectivity index (χ0v) is 23.5. The van der Waals surface area contributed by atoms with Crippen LogP contribution in [-0.2, 0) is 24.6 Å². The van der Waals surface area contributed by atoms with E-state index in [9.17, 15) is 22.4 Å². The molecule has 0 aliphatic carbocycles. The fraction of sp³-hybridized carbons (Fsp3) is 0.367. The molecule has 8 heteroatoms. The second-order valence-electron chi connectivity index (χ2n) is 10.8. The van der Waals surface area contributed by atoms with Crippen molar-refractivity contribution in [3.8, 4) is 0 Å². The summed E-state index contributed by atoms with van der Waals surface area (Å²) in [5.41, 5.74) is 1.75. The minimum atomic E-state index is -4.78. The fourth-order valence-electron chi connectivity index (χ4n) is 4.12. The van der Waals surface area contributed by atoms with Gasteiger partial charge in [0.25, 0.3) is 5.91 Å². The summed E-state index contributed by atoms with van der Waals surface area (Å²) in [5.74, 6) is -1.86. The third-order valence-corrected chi connectivity index (χ3v) is 7.04. The maximum Gasteiger partial charge on any atom is 0.416 e. The molecule has 0 radical (unpaired) electrons. The molecule has 0 atom stereocenters. The number of benzene rings is 3. The maximum atomic E-state index is 14.9. The van der Waals surface area contributed by atoms with Crippen LogP contribution < -0.4 is 0 Å². The number of alkyl halides is 3. The lowest BCUT2D eigenvalue weighted by molar-refractivity contribution is -0.137. The van der Waals surface area contributed by atoms with Crippen molar-refractivity contribution in [2.24, 2.45) is 0 Å². The summed E-state index contributed by atoms with van der Waals surface area (Å²) in [6.07, 6.45) is -4.38. The van der Waals surface area contributed by atoms with Crippen LogP contribution in [-0.4, -0.2) is 17.4 Å². The number of amides is 1. The van der Waals surface area contributed by atoms with Gasteiger partial charge in [0.1, 0.15) is 0 Å². The molecule has 0 saturated carbocycles. The normalized spacial score (nSPS) is 12.2. The SMILES string of the molecule is CC(C)c1cc(CCN(Cc2ccc(C(C)(C)C)cc2)C(=O)c2cc(C(F)(F)F)cc(Cl)c2F)ccc1Cl. The molecule has 204 valence electrons. The molecule has 1 amide bonds. The third-order valence-electron chi connectivity index (χ3n) is 6.42. The molecule has 0 aromatic heterocycles. The van der Waals surface area contributed by atoms with E-state index in [1.165, 1.54) is 4.90 Å². The van der Waals surface area contributed by atoms with Crippen LogP contribution in [0.5, 0.6) is 0 Å². The Morgan fingerprint density at radius 2 is 1.47 bits per heavy atom. The topological polar surface area (TPSA) is 20.3 Å². The van der Waals surface area contributed by atoms with Crippen LogP contribution >= 0.6 is 23.2 Å². The average Bonchev–Trinajstić information content (AvgIpc) is 2.82. The Balaban J connectivity index is 1.98. The predicted molar refractivity (Wildman–Crippen MR) is 146 cm³/mol. The van der Waals surface area contributed by atoms with E-state index < -0.39 is 34.1 Å². The van der Waals surface area contributed by atoms with Crippen LogP contribution in [0.2, 0.25) is 10.0 Å². The highest BCUT2D eigenvalue weighted by Crippen LogP contribution is 2.34. The van der Waals surface area contributed by atoms with E-state index in [1.807, 2.05) is 50.2 Å². The van der Waals surface area contributed by atoms with Gasteiger partial charge in [-0.05, 0) is 58.2 Å². The van der Waals surface area contributed by atoms with Gasteiger partial charge in [0.2, 0.25) is 0 Å². The van der Waals surface area contributed by atoms with E-state index in [0.29, 0.717) is 23.6 Å². The maximum absolute atomic E-state index is 14.9. The number of carbonyl (C=O) groups excluding carboxylic acids is 1. The minimum absolute atomic E-state index is 0.0747. The van der Waals surface area contributed by atoms with Crippen molar-refractivity contribution in [1.29, 1.82) is 0 Å². The van der Waals surface area contributed by atoms with E-state index in [0.717, 1.165) is 22.3 Å². The van der Waals surface area contributed by atoms with Gasteiger partial charge in [-0.15, -0.1) is 0 Å². The molecule has 2 nitrogen and oxygen atoms in total. The van der Waals surface area contributed by atoms with Crippen molar-refractivity contribution in [1.82, 2.24) is 4.90 Å². The molecule has 3 aromatic carbocycles. The van der Waals surface area contributed by atoms with Crippen LogP contribution in [0.25, 0.3) is 0 Å². The number of carbonyl (C=O) groups is 1. The number of rotatable bonds is 7. The minimum Gasteiger partial charge on any atom is -0.334 e. The van der Waals surface area contributed by atoms with E-state index in [1.54, 1.807) is 6.07 Å². The van der Waals surface area contributed by atoms with Gasteiger partial charge in [-0.3, -0.25) is 4.79 Å². The first kappa shape index (κ1) is 30.0. The van der Waals surface area contributed by atoms with Gasteiger partial charge in [-0.1, -0.05) is 94.2 Å². The van der Waals surface area contributed by atoms with Gasteiger partial charge in [-0.2, -0.15) is 13.2 Å². The first-order valence-electron chi connectivity index (χ1n) is 12.3. The Kier molecular flexibility index (Phi) is 9.20. The summed E-state index contributed by atoms with van der Waals surface area (Å²) >= 11 is 12.1. The molecular formula is C30H31Cl2F4NO. The average molecular weight is 568 g/mol. The van der Waals surface area contributed by atoms with E-state index in [4.69, 9.17) is 23.2 Å². The van der Waals surface area contributed by atoms with Crippen LogP contribution in [0.3, 0.4) is 0 Å². The van der Waals surface area contributed by atoms with E-state index in [-0.39, 0.29) is 24.4 Å². The van der Waals surface area contributed by atoms with Gasteiger partial charge < -0.3 is 4.90 Å². The Labute approximate surface area is 231 Å². The van der Waals surface area contributed by atoms with Gasteiger partial charge in [0.15, 0.2) is 5.82 Å². The number of hydrogen-bond acceptors (Lipinski definition) is 1. The molecule has 0 N–H and O–H groups in total. The zero-order chi connectivity index (χ0) is 28.4. The highest BCUT2D eigenvalue weighted by molar-refractivity contribution is 6.31.